The average Bonchev–Trinajstić information content (AvgIpc) is 2.82. The molecule has 1 atom stereocenters. The fourth-order valence-electron chi connectivity index (χ4n) is 2.54. The average molecular weight is 335 g/mol. The highest BCUT2D eigenvalue weighted by Crippen LogP contribution is 2.32. The van der Waals surface area contributed by atoms with Gasteiger partial charge in [0, 0.05) is 17.5 Å². The monoisotopic (exact) mass is 335 g/mol. The van der Waals surface area contributed by atoms with Crippen molar-refractivity contribution < 1.29 is 25.6 Å². The Morgan fingerprint density at radius 1 is 1.46 bits per heavy atom. The third-order valence-electron chi connectivity index (χ3n) is 3.54. The molecule has 24 heavy (non-hydrogen) atoms. The van der Waals surface area contributed by atoms with Crippen LogP contribution in [0.1, 0.15) is 50.9 Å². The molecule has 1 aromatic rings. The van der Waals surface area contributed by atoms with Crippen molar-refractivity contribution in [3.63, 3.8) is 0 Å². The van der Waals surface area contributed by atoms with Crippen LogP contribution < -0.4 is 5.73 Å². The minimum atomic E-state index is -2.11. The standard InChI is InChI=1S/C17H22N2O5/c1-17(2,3)24-14(21)8-7-12(15(18)22)19-9-11-10(16(19)23)5-4-6-13(11)20/h4-6,12,20H,7-9H2,1-3H3,(H2,18,22)/i12D. The minimum absolute atomic E-state index is 0.0905. The number of fused-ring (bicyclic) bond motifs is 1. The Balaban J connectivity index is 2.21. The van der Waals surface area contributed by atoms with E-state index in [2.05, 4.69) is 0 Å². The van der Waals surface area contributed by atoms with Crippen molar-refractivity contribution in [2.75, 3.05) is 0 Å². The summed E-state index contributed by atoms with van der Waals surface area (Å²) >= 11 is 0. The van der Waals surface area contributed by atoms with Gasteiger partial charge in [0.2, 0.25) is 5.91 Å². The largest absolute Gasteiger partial charge is 0.508 e. The zero-order chi connectivity index (χ0) is 19.0. The topological polar surface area (TPSA) is 110 Å². The molecule has 0 radical (unpaired) electrons. The highest BCUT2D eigenvalue weighted by molar-refractivity contribution is 6.01. The summed E-state index contributed by atoms with van der Waals surface area (Å²) in [6.45, 7) is 4.99. The number of phenolic OH excluding ortho intramolecular Hbond substituents is 1. The van der Waals surface area contributed by atoms with Crippen LogP contribution in [0.15, 0.2) is 18.2 Å². The summed E-state index contributed by atoms with van der Waals surface area (Å²) in [5.41, 5.74) is 5.22. The lowest BCUT2D eigenvalue weighted by Crippen LogP contribution is -2.45. The van der Waals surface area contributed by atoms with Crippen LogP contribution in [0.2, 0.25) is 0 Å². The highest BCUT2D eigenvalue weighted by Gasteiger charge is 2.37. The molecular weight excluding hydrogens is 312 g/mol. The number of benzene rings is 1. The lowest BCUT2D eigenvalue weighted by molar-refractivity contribution is -0.155. The third-order valence-corrected chi connectivity index (χ3v) is 3.54. The van der Waals surface area contributed by atoms with E-state index in [1.807, 2.05) is 0 Å². The Hall–Kier alpha value is -2.57. The van der Waals surface area contributed by atoms with Gasteiger partial charge >= 0.3 is 5.97 Å². The van der Waals surface area contributed by atoms with Gasteiger partial charge in [-0.2, -0.15) is 0 Å². The van der Waals surface area contributed by atoms with E-state index in [-0.39, 0.29) is 30.7 Å². The van der Waals surface area contributed by atoms with E-state index in [0.717, 1.165) is 4.90 Å². The molecule has 2 rings (SSSR count). The molecule has 1 aliphatic heterocycles. The molecule has 7 heteroatoms. The van der Waals surface area contributed by atoms with Crippen LogP contribution in [0.3, 0.4) is 0 Å². The summed E-state index contributed by atoms with van der Waals surface area (Å²) in [6, 6.07) is 2.32. The van der Waals surface area contributed by atoms with Gasteiger partial charge in [-0.15, -0.1) is 0 Å². The number of carbonyl (C=O) groups excluding carboxylic acids is 3. The molecule has 0 saturated heterocycles. The molecule has 7 nitrogen and oxygen atoms in total. The van der Waals surface area contributed by atoms with Crippen molar-refractivity contribution in [3.05, 3.63) is 29.3 Å². The van der Waals surface area contributed by atoms with Gasteiger partial charge in [0.15, 0.2) is 0 Å². The molecule has 130 valence electrons. The summed E-state index contributed by atoms with van der Waals surface area (Å²) < 4.78 is 13.6. The number of aromatic hydroxyl groups is 1. The number of primary amides is 1. The fourth-order valence-corrected chi connectivity index (χ4v) is 2.54. The highest BCUT2D eigenvalue weighted by atomic mass is 16.6. The van der Waals surface area contributed by atoms with E-state index >= 15 is 0 Å². The molecule has 0 fully saturated rings. The van der Waals surface area contributed by atoms with Crippen LogP contribution in [0, 0.1) is 0 Å². The second kappa shape index (κ2) is 6.51. The molecule has 1 aliphatic rings. The quantitative estimate of drug-likeness (QED) is 0.789. The number of nitrogens with zero attached hydrogens (tertiary/aromatic N) is 1. The second-order valence-electron chi connectivity index (χ2n) is 6.59. The SMILES string of the molecule is [2H]C(CCC(=O)OC(C)(C)C)(C(N)=O)N1Cc2c(O)cccc2C1=O. The van der Waals surface area contributed by atoms with Crippen molar-refractivity contribution >= 4 is 17.8 Å². The number of amides is 2. The van der Waals surface area contributed by atoms with Gasteiger partial charge in [-0.1, -0.05) is 6.07 Å². The Bertz CT molecular complexity index is 728. The zero-order valence-electron chi connectivity index (χ0n) is 15.0. The van der Waals surface area contributed by atoms with Gasteiger partial charge < -0.3 is 20.5 Å². The van der Waals surface area contributed by atoms with Crippen LogP contribution in [-0.4, -0.2) is 39.4 Å². The van der Waals surface area contributed by atoms with Gasteiger partial charge in [0.1, 0.15) is 17.4 Å². The van der Waals surface area contributed by atoms with Crippen LogP contribution in [0.4, 0.5) is 0 Å². The Labute approximate surface area is 141 Å². The number of hydrogen-bond donors (Lipinski definition) is 2. The minimum Gasteiger partial charge on any atom is -0.508 e. The number of rotatable bonds is 5. The number of hydrogen-bond acceptors (Lipinski definition) is 5. The number of ether oxygens (including phenoxy) is 1. The molecule has 0 bridgehead atoms. The summed E-state index contributed by atoms with van der Waals surface area (Å²) in [6.07, 6.45) is -0.534. The molecule has 1 aromatic carbocycles. The van der Waals surface area contributed by atoms with Gasteiger partial charge in [-0.05, 0) is 39.3 Å². The summed E-state index contributed by atoms with van der Waals surface area (Å²) in [5, 5.41) is 9.89. The lowest BCUT2D eigenvalue weighted by atomic mass is 10.1. The maximum absolute atomic E-state index is 12.5. The molecule has 1 unspecified atom stereocenters. The van der Waals surface area contributed by atoms with E-state index in [1.165, 1.54) is 18.2 Å². The van der Waals surface area contributed by atoms with E-state index in [4.69, 9.17) is 11.8 Å². The van der Waals surface area contributed by atoms with Gasteiger partial charge in [-0.25, -0.2) is 0 Å². The molecule has 0 spiro atoms. The second-order valence-corrected chi connectivity index (χ2v) is 6.59. The van der Waals surface area contributed by atoms with Gasteiger partial charge in [-0.3, -0.25) is 14.4 Å². The third kappa shape index (κ3) is 3.84. The molecule has 1 heterocycles. The molecule has 2 amide bonds. The summed E-state index contributed by atoms with van der Waals surface area (Å²) in [7, 11) is 0. The number of carbonyl (C=O) groups is 3. The van der Waals surface area contributed by atoms with E-state index < -0.39 is 29.4 Å². The van der Waals surface area contributed by atoms with Crippen molar-refractivity contribution in [3.8, 4) is 5.75 Å². The predicted octanol–water partition coefficient (Wildman–Crippen LogP) is 1.32. The fraction of sp³-hybridized carbons (Fsp3) is 0.471. The number of esters is 1. The first-order chi connectivity index (χ1) is 11.5. The number of nitrogens with two attached hydrogens (primary N) is 1. The molecular formula is C17H22N2O5. The van der Waals surface area contributed by atoms with Crippen molar-refractivity contribution in [1.29, 1.82) is 0 Å². The first-order valence-electron chi connectivity index (χ1n) is 8.10. The van der Waals surface area contributed by atoms with Crippen molar-refractivity contribution in [2.45, 2.75) is 51.8 Å². The van der Waals surface area contributed by atoms with E-state index in [9.17, 15) is 19.5 Å². The smallest absolute Gasteiger partial charge is 0.306 e. The van der Waals surface area contributed by atoms with Crippen molar-refractivity contribution in [2.24, 2.45) is 5.73 Å². The van der Waals surface area contributed by atoms with Crippen LogP contribution in [0.25, 0.3) is 0 Å². The zero-order valence-corrected chi connectivity index (χ0v) is 14.0. The van der Waals surface area contributed by atoms with E-state index in [1.54, 1.807) is 20.8 Å². The summed E-state index contributed by atoms with van der Waals surface area (Å²) in [4.78, 5) is 37.3. The van der Waals surface area contributed by atoms with Crippen LogP contribution in [0.5, 0.6) is 5.75 Å². The van der Waals surface area contributed by atoms with Gasteiger partial charge in [0.05, 0.1) is 7.92 Å². The van der Waals surface area contributed by atoms with Crippen LogP contribution in [-0.2, 0) is 20.9 Å². The maximum atomic E-state index is 12.5. The Morgan fingerprint density at radius 3 is 2.67 bits per heavy atom. The predicted molar refractivity (Wildman–Crippen MR) is 86.0 cm³/mol. The Morgan fingerprint density at radius 2 is 2.12 bits per heavy atom. The molecule has 0 aromatic heterocycles. The van der Waals surface area contributed by atoms with E-state index in [0.29, 0.717) is 5.56 Å². The first kappa shape index (κ1) is 16.3. The van der Waals surface area contributed by atoms with Crippen molar-refractivity contribution in [1.82, 2.24) is 4.90 Å². The Kier molecular flexibility index (Phi) is 4.42. The normalized spacial score (nSPS) is 17.0. The molecule has 3 N–H and O–H groups in total. The summed E-state index contributed by atoms with van der Waals surface area (Å²) in [5.74, 6) is -2.30. The first-order valence-corrected chi connectivity index (χ1v) is 7.60. The molecule has 0 aliphatic carbocycles. The van der Waals surface area contributed by atoms with Gasteiger partial charge in [0.25, 0.3) is 5.91 Å². The number of phenols is 1. The lowest BCUT2D eigenvalue weighted by Gasteiger charge is -2.25. The van der Waals surface area contributed by atoms with Crippen LogP contribution >= 0.6 is 0 Å². The maximum Gasteiger partial charge on any atom is 0.306 e. The molecule has 0 saturated carbocycles.